The number of amides is 2. The fourth-order valence-corrected chi connectivity index (χ4v) is 2.35. The molecule has 1 heterocycles. The number of alkyl carbamates (subject to hydrolysis) is 1. The van der Waals surface area contributed by atoms with E-state index in [-0.39, 0.29) is 19.1 Å². The van der Waals surface area contributed by atoms with Crippen LogP contribution in [-0.2, 0) is 9.53 Å². The maximum Gasteiger partial charge on any atom is 0.413 e. The second-order valence-electron chi connectivity index (χ2n) is 4.72. The fourth-order valence-electron chi connectivity index (χ4n) is 2.35. The molecule has 6 heteroatoms. The van der Waals surface area contributed by atoms with E-state index in [2.05, 4.69) is 22.5 Å². The molecule has 0 aliphatic carbocycles. The van der Waals surface area contributed by atoms with Gasteiger partial charge in [-0.2, -0.15) is 0 Å². The summed E-state index contributed by atoms with van der Waals surface area (Å²) in [4.78, 5) is 25.1. The van der Waals surface area contributed by atoms with Crippen molar-refractivity contribution in [3.63, 3.8) is 0 Å². The Hall–Kier alpha value is -1.14. The second-order valence-corrected chi connectivity index (χ2v) is 4.72. The van der Waals surface area contributed by atoms with E-state index in [9.17, 15) is 9.59 Å². The normalized spacial score (nSPS) is 16.4. The lowest BCUT2D eigenvalue weighted by molar-refractivity contribution is -0.122. The van der Waals surface area contributed by atoms with Crippen LogP contribution in [0.2, 0.25) is 0 Å². The van der Waals surface area contributed by atoms with Gasteiger partial charge in [0.2, 0.25) is 5.91 Å². The lowest BCUT2D eigenvalue weighted by atomic mass is 10.0. The van der Waals surface area contributed by atoms with Crippen LogP contribution in [0.5, 0.6) is 0 Å². The first-order chi connectivity index (χ1) is 9.17. The Morgan fingerprint density at radius 2 is 2.00 bits per heavy atom. The molecule has 0 aromatic heterocycles. The van der Waals surface area contributed by atoms with Crippen molar-refractivity contribution >= 4 is 12.0 Å². The minimum Gasteiger partial charge on any atom is -0.450 e. The first-order valence-electron chi connectivity index (χ1n) is 7.08. The van der Waals surface area contributed by atoms with Crippen LogP contribution in [0.25, 0.3) is 0 Å². The van der Waals surface area contributed by atoms with Crippen LogP contribution in [0.1, 0.15) is 33.1 Å². The Kier molecular flexibility index (Phi) is 7.43. The summed E-state index contributed by atoms with van der Waals surface area (Å²) in [6.07, 6.45) is 2.44. The summed E-state index contributed by atoms with van der Waals surface area (Å²) in [6.45, 7) is 7.19. The van der Waals surface area contributed by atoms with Gasteiger partial charge in [0.15, 0.2) is 0 Å². The van der Waals surface area contributed by atoms with Gasteiger partial charge < -0.3 is 10.1 Å². The predicted octanol–water partition coefficient (Wildman–Crippen LogP) is 0.723. The first kappa shape index (κ1) is 15.9. The summed E-state index contributed by atoms with van der Waals surface area (Å²) in [6, 6.07) is 0.425. The van der Waals surface area contributed by atoms with Crippen LogP contribution in [0, 0.1) is 0 Å². The third kappa shape index (κ3) is 6.02. The van der Waals surface area contributed by atoms with Gasteiger partial charge in [-0.3, -0.25) is 15.0 Å². The van der Waals surface area contributed by atoms with Crippen LogP contribution in [0.3, 0.4) is 0 Å². The average molecular weight is 271 g/mol. The highest BCUT2D eigenvalue weighted by Crippen LogP contribution is 2.11. The van der Waals surface area contributed by atoms with Gasteiger partial charge in [-0.05, 0) is 45.8 Å². The quantitative estimate of drug-likeness (QED) is 0.745. The van der Waals surface area contributed by atoms with E-state index in [1.165, 1.54) is 0 Å². The largest absolute Gasteiger partial charge is 0.450 e. The van der Waals surface area contributed by atoms with E-state index in [1.54, 1.807) is 6.92 Å². The van der Waals surface area contributed by atoms with Gasteiger partial charge in [0, 0.05) is 6.04 Å². The maximum atomic E-state index is 11.8. The predicted molar refractivity (Wildman–Crippen MR) is 72.9 cm³/mol. The summed E-state index contributed by atoms with van der Waals surface area (Å²) in [5.41, 5.74) is 0. The van der Waals surface area contributed by atoms with Crippen LogP contribution < -0.4 is 10.6 Å². The van der Waals surface area contributed by atoms with E-state index in [0.717, 1.165) is 38.9 Å². The molecule has 1 aliphatic heterocycles. The molecule has 2 amide bonds. The minimum absolute atomic E-state index is 0.261. The van der Waals surface area contributed by atoms with E-state index in [4.69, 9.17) is 4.74 Å². The average Bonchev–Trinajstić information content (AvgIpc) is 2.39. The van der Waals surface area contributed by atoms with Crippen molar-refractivity contribution in [2.24, 2.45) is 0 Å². The summed E-state index contributed by atoms with van der Waals surface area (Å²) in [5.74, 6) is -0.287. The summed E-state index contributed by atoms with van der Waals surface area (Å²) in [7, 11) is 0. The number of piperidine rings is 1. The molecule has 6 nitrogen and oxygen atoms in total. The van der Waals surface area contributed by atoms with E-state index in [1.807, 2.05) is 0 Å². The molecule has 0 bridgehead atoms. The molecule has 0 unspecified atom stereocenters. The second kappa shape index (κ2) is 8.87. The first-order valence-corrected chi connectivity index (χ1v) is 7.08. The number of hydrogen-bond acceptors (Lipinski definition) is 5. The smallest absolute Gasteiger partial charge is 0.413 e. The van der Waals surface area contributed by atoms with E-state index >= 15 is 0 Å². The zero-order valence-electron chi connectivity index (χ0n) is 11.9. The number of hydrogen-bond donors (Lipinski definition) is 2. The Morgan fingerprint density at radius 3 is 2.58 bits per heavy atom. The molecule has 19 heavy (non-hydrogen) atoms. The third-order valence-electron chi connectivity index (χ3n) is 3.20. The Balaban J connectivity index is 2.42. The molecule has 0 saturated carbocycles. The zero-order chi connectivity index (χ0) is 14.1. The molecule has 0 atom stereocenters. The molecule has 1 fully saturated rings. The van der Waals surface area contributed by atoms with Crippen molar-refractivity contribution < 1.29 is 14.3 Å². The van der Waals surface area contributed by atoms with Gasteiger partial charge in [0.1, 0.15) is 0 Å². The highest BCUT2D eigenvalue weighted by atomic mass is 16.5. The molecule has 2 N–H and O–H groups in total. The van der Waals surface area contributed by atoms with Crippen LogP contribution >= 0.6 is 0 Å². The van der Waals surface area contributed by atoms with Gasteiger partial charge in [-0.1, -0.05) is 6.92 Å². The van der Waals surface area contributed by atoms with Gasteiger partial charge >= 0.3 is 6.09 Å². The molecule has 0 radical (unpaired) electrons. The number of carbonyl (C=O) groups is 2. The standard InChI is InChI=1S/C13H25N3O3/c1-3-9-16(11-5-7-14-8-6-11)10-12(17)15-13(18)19-4-2/h11,14H,3-10H2,1-2H3,(H,15,17,18). The molecule has 1 rings (SSSR count). The molecule has 0 aromatic rings. The number of nitrogens with zero attached hydrogens (tertiary/aromatic N) is 1. The van der Waals surface area contributed by atoms with Crippen molar-refractivity contribution in [1.82, 2.24) is 15.5 Å². The monoisotopic (exact) mass is 271 g/mol. The fraction of sp³-hybridized carbons (Fsp3) is 0.846. The van der Waals surface area contributed by atoms with Crippen LogP contribution in [-0.4, -0.2) is 55.7 Å². The topological polar surface area (TPSA) is 70.7 Å². The van der Waals surface area contributed by atoms with Crippen LogP contribution in [0.4, 0.5) is 4.79 Å². The molecule has 110 valence electrons. The number of rotatable bonds is 6. The van der Waals surface area contributed by atoms with Crippen molar-refractivity contribution in [1.29, 1.82) is 0 Å². The highest BCUT2D eigenvalue weighted by molar-refractivity contribution is 5.92. The maximum absolute atomic E-state index is 11.8. The Bertz CT molecular complexity index is 291. The van der Waals surface area contributed by atoms with Crippen molar-refractivity contribution in [2.45, 2.75) is 39.2 Å². The minimum atomic E-state index is -0.658. The number of nitrogens with one attached hydrogen (secondary N) is 2. The zero-order valence-corrected chi connectivity index (χ0v) is 11.9. The van der Waals surface area contributed by atoms with Crippen LogP contribution in [0.15, 0.2) is 0 Å². The third-order valence-corrected chi connectivity index (χ3v) is 3.20. The lowest BCUT2D eigenvalue weighted by Crippen LogP contribution is -2.48. The van der Waals surface area contributed by atoms with Gasteiger partial charge in [-0.15, -0.1) is 0 Å². The number of imide groups is 1. The van der Waals surface area contributed by atoms with Gasteiger partial charge in [0.25, 0.3) is 0 Å². The Morgan fingerprint density at radius 1 is 1.32 bits per heavy atom. The number of carbonyl (C=O) groups excluding carboxylic acids is 2. The van der Waals surface area contributed by atoms with Crippen molar-refractivity contribution in [2.75, 3.05) is 32.8 Å². The lowest BCUT2D eigenvalue weighted by Gasteiger charge is -2.33. The van der Waals surface area contributed by atoms with E-state index < -0.39 is 6.09 Å². The van der Waals surface area contributed by atoms with Gasteiger partial charge in [-0.25, -0.2) is 4.79 Å². The molecular weight excluding hydrogens is 246 g/mol. The SMILES string of the molecule is CCCN(CC(=O)NC(=O)OCC)C1CCNCC1. The molecule has 1 saturated heterocycles. The molecule has 0 spiro atoms. The van der Waals surface area contributed by atoms with E-state index in [0.29, 0.717) is 6.04 Å². The highest BCUT2D eigenvalue weighted by Gasteiger charge is 2.22. The Labute approximate surface area is 114 Å². The van der Waals surface area contributed by atoms with Gasteiger partial charge in [0.05, 0.1) is 13.2 Å². The molecule has 1 aliphatic rings. The number of ether oxygens (including phenoxy) is 1. The molecular formula is C13H25N3O3. The molecule has 0 aromatic carbocycles. The summed E-state index contributed by atoms with van der Waals surface area (Å²) in [5, 5.41) is 5.56. The van der Waals surface area contributed by atoms with Crippen molar-refractivity contribution in [3.05, 3.63) is 0 Å². The summed E-state index contributed by atoms with van der Waals surface area (Å²) < 4.78 is 4.70. The summed E-state index contributed by atoms with van der Waals surface area (Å²) >= 11 is 0. The van der Waals surface area contributed by atoms with Crippen molar-refractivity contribution in [3.8, 4) is 0 Å².